The number of methoxy groups -OCH3 is 1. The van der Waals surface area contributed by atoms with Gasteiger partial charge < -0.3 is 14.2 Å². The summed E-state index contributed by atoms with van der Waals surface area (Å²) >= 11 is 0. The maximum Gasteiger partial charge on any atom is 0.196 e. The molecule has 0 saturated carbocycles. The molecule has 1 rings (SSSR count). The van der Waals surface area contributed by atoms with Crippen molar-refractivity contribution in [2.75, 3.05) is 20.3 Å². The first-order chi connectivity index (χ1) is 12.8. The Morgan fingerprint density at radius 2 is 1.78 bits per heavy atom. The molecule has 0 bridgehead atoms. The quantitative estimate of drug-likeness (QED) is 0.334. The van der Waals surface area contributed by atoms with Crippen LogP contribution >= 0.6 is 0 Å². The van der Waals surface area contributed by atoms with Crippen LogP contribution in [-0.2, 0) is 14.2 Å². The predicted octanol–water partition coefficient (Wildman–Crippen LogP) is 6.54. The number of rotatable bonds is 9. The topological polar surface area (TPSA) is 27.7 Å². The average molecular weight is 385 g/mol. The lowest BCUT2D eigenvalue weighted by Crippen LogP contribution is -2.29. The van der Waals surface area contributed by atoms with Gasteiger partial charge in [-0.2, -0.15) is 0 Å². The first-order valence-electron chi connectivity index (χ1n) is 9.73. The first-order valence-corrected chi connectivity index (χ1v) is 9.73. The lowest BCUT2D eigenvalue weighted by Gasteiger charge is -2.28. The van der Waals surface area contributed by atoms with Crippen LogP contribution < -0.4 is 0 Å². The molecule has 1 fully saturated rings. The van der Waals surface area contributed by atoms with Gasteiger partial charge in [-0.15, -0.1) is 0 Å². The molecule has 5 heteroatoms. The Labute approximate surface area is 162 Å². The molecule has 1 heterocycles. The fourth-order valence-electron chi connectivity index (χ4n) is 2.91. The van der Waals surface area contributed by atoms with E-state index in [1.165, 1.54) is 20.5 Å². The van der Waals surface area contributed by atoms with Crippen molar-refractivity contribution in [2.24, 2.45) is 5.92 Å². The van der Waals surface area contributed by atoms with E-state index < -0.39 is 11.7 Å². The fourth-order valence-corrected chi connectivity index (χ4v) is 2.91. The van der Waals surface area contributed by atoms with Gasteiger partial charge in [-0.1, -0.05) is 26.3 Å². The van der Waals surface area contributed by atoms with Gasteiger partial charge in [-0.25, -0.2) is 8.78 Å². The summed E-state index contributed by atoms with van der Waals surface area (Å²) in [6.45, 7) is 10.3. The van der Waals surface area contributed by atoms with Crippen LogP contribution in [0.4, 0.5) is 8.78 Å². The summed E-state index contributed by atoms with van der Waals surface area (Å²) in [6.07, 6.45) is 7.37. The lowest BCUT2D eigenvalue weighted by atomic mass is 9.96. The van der Waals surface area contributed by atoms with Crippen molar-refractivity contribution >= 4 is 0 Å². The molecule has 1 saturated heterocycles. The van der Waals surface area contributed by atoms with E-state index in [1.54, 1.807) is 26.0 Å². The van der Waals surface area contributed by atoms with Gasteiger partial charge in [0.05, 0.1) is 19.0 Å². The molecule has 2 unspecified atom stereocenters. The molecule has 0 aliphatic carbocycles. The minimum atomic E-state index is -0.959. The van der Waals surface area contributed by atoms with E-state index in [0.717, 1.165) is 25.2 Å². The van der Waals surface area contributed by atoms with Crippen molar-refractivity contribution in [3.8, 4) is 0 Å². The number of allylic oxidation sites excluding steroid dienone is 8. The molecule has 2 atom stereocenters. The van der Waals surface area contributed by atoms with Crippen LogP contribution in [0.15, 0.2) is 46.5 Å². The summed E-state index contributed by atoms with van der Waals surface area (Å²) in [7, 11) is 1.32. The summed E-state index contributed by atoms with van der Waals surface area (Å²) in [5, 5.41) is 0. The van der Waals surface area contributed by atoms with Gasteiger partial charge in [0, 0.05) is 6.61 Å². The maximum atomic E-state index is 14.4. The van der Waals surface area contributed by atoms with E-state index in [-0.39, 0.29) is 11.9 Å². The molecule has 0 aromatic carbocycles. The molecule has 0 aromatic rings. The fraction of sp³-hybridized carbons (Fsp3) is 0.636. The summed E-state index contributed by atoms with van der Waals surface area (Å²) in [4.78, 5) is 0. The number of halogens is 2. The summed E-state index contributed by atoms with van der Waals surface area (Å²) in [6, 6.07) is 0. The lowest BCUT2D eigenvalue weighted by molar-refractivity contribution is -0.0495. The van der Waals surface area contributed by atoms with Crippen molar-refractivity contribution in [1.82, 2.24) is 0 Å². The maximum absolute atomic E-state index is 14.4. The molecule has 1 aliphatic heterocycles. The van der Waals surface area contributed by atoms with Crippen molar-refractivity contribution in [2.45, 2.75) is 66.4 Å². The van der Waals surface area contributed by atoms with Crippen LogP contribution in [0.2, 0.25) is 0 Å². The zero-order valence-corrected chi connectivity index (χ0v) is 17.5. The van der Waals surface area contributed by atoms with Crippen LogP contribution in [-0.4, -0.2) is 26.4 Å². The van der Waals surface area contributed by atoms with Gasteiger partial charge in [0.2, 0.25) is 0 Å². The van der Waals surface area contributed by atoms with Gasteiger partial charge in [0.1, 0.15) is 12.4 Å². The third-order valence-corrected chi connectivity index (χ3v) is 5.01. The molecule has 0 aromatic heterocycles. The van der Waals surface area contributed by atoms with Gasteiger partial charge in [0.25, 0.3) is 0 Å². The summed E-state index contributed by atoms with van der Waals surface area (Å²) in [5.41, 5.74) is 0.964. The highest BCUT2D eigenvalue weighted by Crippen LogP contribution is 2.28. The normalized spacial score (nSPS) is 23.6. The zero-order valence-electron chi connectivity index (χ0n) is 17.5. The molecular formula is C22H34F2O3. The van der Waals surface area contributed by atoms with Crippen LogP contribution in [0.1, 0.15) is 60.3 Å². The Balaban J connectivity index is 2.71. The molecule has 0 radical (unpaired) electrons. The Bertz CT molecular complexity index is 595. The Hall–Kier alpha value is -1.62. The number of hydrogen-bond donors (Lipinski definition) is 0. The van der Waals surface area contributed by atoms with E-state index in [2.05, 4.69) is 6.92 Å². The van der Waals surface area contributed by atoms with Crippen LogP contribution in [0.5, 0.6) is 0 Å². The SMILES string of the molecule is CCC(=C(F)\C(F)=C(/C)OC)/C(C)=C/C=C(\C)OCC1CCC(CC)CO1. The Kier molecular flexibility index (Phi) is 10.4. The number of ether oxygens (including phenoxy) is 3. The minimum absolute atomic E-state index is 0.0703. The monoisotopic (exact) mass is 384 g/mol. The molecule has 0 amide bonds. The number of hydrogen-bond acceptors (Lipinski definition) is 3. The Morgan fingerprint density at radius 3 is 2.30 bits per heavy atom. The highest BCUT2D eigenvalue weighted by molar-refractivity contribution is 5.40. The minimum Gasteiger partial charge on any atom is -0.498 e. The van der Waals surface area contributed by atoms with Gasteiger partial charge >= 0.3 is 0 Å². The third kappa shape index (κ3) is 7.49. The van der Waals surface area contributed by atoms with Gasteiger partial charge in [0.15, 0.2) is 11.7 Å². The molecule has 0 N–H and O–H groups in total. The average Bonchev–Trinajstić information content (AvgIpc) is 2.70. The Morgan fingerprint density at radius 1 is 1.07 bits per heavy atom. The second-order valence-corrected chi connectivity index (χ2v) is 6.97. The second-order valence-electron chi connectivity index (χ2n) is 6.97. The largest absolute Gasteiger partial charge is 0.498 e. The third-order valence-electron chi connectivity index (χ3n) is 5.01. The second kappa shape index (κ2) is 12.0. The summed E-state index contributed by atoms with van der Waals surface area (Å²) < 4.78 is 44.7. The first kappa shape index (κ1) is 23.4. The standard InChI is InChI=1S/C22H34F2O3/c1-7-18-11-12-19(27-13-18)14-26-16(4)10-9-15(3)20(8-2)22(24)21(23)17(5)25-6/h9-10,18-19H,7-8,11-14H2,1-6H3/b15-9+,16-10+,21-17-,22-20-. The van der Waals surface area contributed by atoms with E-state index in [4.69, 9.17) is 14.2 Å². The molecule has 1 aliphatic rings. The highest BCUT2D eigenvalue weighted by atomic mass is 19.2. The highest BCUT2D eigenvalue weighted by Gasteiger charge is 2.20. The van der Waals surface area contributed by atoms with Crippen LogP contribution in [0.25, 0.3) is 0 Å². The molecular weight excluding hydrogens is 350 g/mol. The summed E-state index contributed by atoms with van der Waals surface area (Å²) in [5.74, 6) is -0.527. The van der Waals surface area contributed by atoms with E-state index >= 15 is 0 Å². The molecule has 3 nitrogen and oxygen atoms in total. The van der Waals surface area contributed by atoms with Gasteiger partial charge in [-0.05, 0) is 63.2 Å². The molecule has 0 spiro atoms. The zero-order chi connectivity index (χ0) is 20.4. The van der Waals surface area contributed by atoms with E-state index in [0.29, 0.717) is 30.1 Å². The van der Waals surface area contributed by atoms with E-state index in [9.17, 15) is 8.78 Å². The predicted molar refractivity (Wildman–Crippen MR) is 105 cm³/mol. The molecule has 27 heavy (non-hydrogen) atoms. The van der Waals surface area contributed by atoms with Crippen molar-refractivity contribution in [1.29, 1.82) is 0 Å². The van der Waals surface area contributed by atoms with E-state index in [1.807, 2.05) is 6.92 Å². The van der Waals surface area contributed by atoms with Crippen LogP contribution in [0.3, 0.4) is 0 Å². The molecule has 154 valence electrons. The van der Waals surface area contributed by atoms with Crippen LogP contribution in [0, 0.1) is 5.92 Å². The smallest absolute Gasteiger partial charge is 0.196 e. The van der Waals surface area contributed by atoms with Crippen molar-refractivity contribution < 1.29 is 23.0 Å². The van der Waals surface area contributed by atoms with Crippen molar-refractivity contribution in [3.05, 3.63) is 46.5 Å². The van der Waals surface area contributed by atoms with Crippen molar-refractivity contribution in [3.63, 3.8) is 0 Å². The van der Waals surface area contributed by atoms with Gasteiger partial charge in [-0.3, -0.25) is 0 Å².